The summed E-state index contributed by atoms with van der Waals surface area (Å²) in [5, 5.41) is 2.95. The normalized spacial score (nSPS) is 18.2. The molecule has 1 aliphatic heterocycles. The van der Waals surface area contributed by atoms with Crippen LogP contribution in [0.15, 0.2) is 34.2 Å². The molecule has 24 heavy (non-hydrogen) atoms. The summed E-state index contributed by atoms with van der Waals surface area (Å²) in [6, 6.07) is 6.38. The van der Waals surface area contributed by atoms with Gasteiger partial charge >= 0.3 is 6.09 Å². The summed E-state index contributed by atoms with van der Waals surface area (Å²) in [6.45, 7) is 7.22. The van der Waals surface area contributed by atoms with Crippen LogP contribution in [-0.4, -0.2) is 42.8 Å². The summed E-state index contributed by atoms with van der Waals surface area (Å²) in [5.41, 5.74) is 0.412. The molecule has 0 fully saturated rings. The van der Waals surface area contributed by atoms with Crippen molar-refractivity contribution in [2.75, 3.05) is 11.5 Å². The molecule has 1 unspecified atom stereocenters. The van der Waals surface area contributed by atoms with Gasteiger partial charge in [-0.05, 0) is 39.8 Å². The van der Waals surface area contributed by atoms with Crippen molar-refractivity contribution in [1.29, 1.82) is 0 Å². The van der Waals surface area contributed by atoms with E-state index in [0.717, 1.165) is 5.56 Å². The maximum Gasteiger partial charge on any atom is 0.413 e. The molecule has 1 aromatic rings. The number of rotatable bonds is 3. The van der Waals surface area contributed by atoms with E-state index in [-0.39, 0.29) is 11.8 Å². The lowest BCUT2D eigenvalue weighted by Crippen LogP contribution is -2.34. The highest BCUT2D eigenvalue weighted by atomic mass is 32.2. The Hall–Kier alpha value is -1.54. The van der Waals surface area contributed by atoms with Crippen LogP contribution in [0.2, 0.25) is 0 Å². The van der Waals surface area contributed by atoms with Crippen LogP contribution in [0, 0.1) is 6.92 Å². The van der Waals surface area contributed by atoms with Crippen molar-refractivity contribution in [1.82, 2.24) is 5.32 Å². The van der Waals surface area contributed by atoms with Gasteiger partial charge in [0.25, 0.3) is 0 Å². The van der Waals surface area contributed by atoms with Crippen LogP contribution in [0.25, 0.3) is 0 Å². The number of carbonyl (C=O) groups excluding carboxylic acids is 1. The van der Waals surface area contributed by atoms with Crippen molar-refractivity contribution < 1.29 is 17.9 Å². The number of thioether (sulfide) groups is 1. The van der Waals surface area contributed by atoms with Crippen LogP contribution in [-0.2, 0) is 14.6 Å². The molecular formula is C16H22N2O4S2. The minimum absolute atomic E-state index is 0.0808. The number of carbonyl (C=O) groups is 1. The summed E-state index contributed by atoms with van der Waals surface area (Å²) in [5.74, 6) is 0.429. The molecule has 2 rings (SSSR count). The number of aliphatic imine (C=N–C) groups is 1. The standard InChI is InChI=1S/C16H22N2O4S2/c1-11-5-7-13(8-6-11)24(20,21)10-12-9-23-14(17-12)18-15(19)22-16(2,3)4/h5-8,12H,9-10H2,1-4H3,(H,17,18,19). The highest BCUT2D eigenvalue weighted by Crippen LogP contribution is 2.21. The fraction of sp³-hybridized carbons (Fsp3) is 0.500. The number of nitrogens with one attached hydrogen (secondary N) is 1. The fourth-order valence-electron chi connectivity index (χ4n) is 2.06. The summed E-state index contributed by atoms with van der Waals surface area (Å²) in [6.07, 6.45) is -0.587. The Morgan fingerprint density at radius 2 is 1.96 bits per heavy atom. The average molecular weight is 370 g/mol. The van der Waals surface area contributed by atoms with Gasteiger partial charge in [-0.2, -0.15) is 0 Å². The molecule has 0 radical (unpaired) electrons. The molecule has 1 aliphatic rings. The Morgan fingerprint density at radius 3 is 2.54 bits per heavy atom. The zero-order valence-electron chi connectivity index (χ0n) is 14.2. The molecule has 8 heteroatoms. The van der Waals surface area contributed by atoms with Gasteiger partial charge in [0.2, 0.25) is 0 Å². The third-order valence-electron chi connectivity index (χ3n) is 3.11. The number of alkyl carbamates (subject to hydrolysis) is 1. The molecule has 0 bridgehead atoms. The first-order chi connectivity index (χ1) is 11.0. The van der Waals surface area contributed by atoms with E-state index >= 15 is 0 Å². The molecule has 1 N–H and O–H groups in total. The summed E-state index contributed by atoms with van der Waals surface area (Å²) < 4.78 is 30.0. The van der Waals surface area contributed by atoms with Crippen LogP contribution in [0.3, 0.4) is 0 Å². The van der Waals surface area contributed by atoms with E-state index in [4.69, 9.17) is 4.74 Å². The van der Waals surface area contributed by atoms with Gasteiger partial charge in [0.15, 0.2) is 15.0 Å². The summed E-state index contributed by atoms with van der Waals surface area (Å²) >= 11 is 1.32. The number of hydrogen-bond acceptors (Lipinski definition) is 6. The van der Waals surface area contributed by atoms with Crippen LogP contribution in [0.5, 0.6) is 0 Å². The van der Waals surface area contributed by atoms with Gasteiger partial charge < -0.3 is 4.74 Å². The SMILES string of the molecule is Cc1ccc(S(=O)(=O)CC2CSC(NC(=O)OC(C)(C)C)=N2)cc1. The lowest BCUT2D eigenvalue weighted by atomic mass is 10.2. The van der Waals surface area contributed by atoms with Crippen LogP contribution >= 0.6 is 11.8 Å². The van der Waals surface area contributed by atoms with E-state index in [2.05, 4.69) is 10.3 Å². The van der Waals surface area contributed by atoms with Crippen LogP contribution in [0.4, 0.5) is 4.79 Å². The largest absolute Gasteiger partial charge is 0.444 e. The van der Waals surface area contributed by atoms with E-state index in [0.29, 0.717) is 15.8 Å². The molecular weight excluding hydrogens is 348 g/mol. The van der Waals surface area contributed by atoms with Gasteiger partial charge in [0.05, 0.1) is 16.7 Å². The van der Waals surface area contributed by atoms with Crippen molar-refractivity contribution >= 4 is 32.9 Å². The zero-order chi connectivity index (χ0) is 18.0. The van der Waals surface area contributed by atoms with Crippen molar-refractivity contribution in [3.8, 4) is 0 Å². The smallest absolute Gasteiger partial charge is 0.413 e. The molecule has 1 amide bonds. The van der Waals surface area contributed by atoms with Gasteiger partial charge in [-0.3, -0.25) is 10.3 Å². The van der Waals surface area contributed by atoms with E-state index in [9.17, 15) is 13.2 Å². The first-order valence-electron chi connectivity index (χ1n) is 7.55. The second-order valence-corrected chi connectivity index (χ2v) is 9.66. The van der Waals surface area contributed by atoms with E-state index in [1.165, 1.54) is 11.8 Å². The highest BCUT2D eigenvalue weighted by molar-refractivity contribution is 8.14. The second-order valence-electron chi connectivity index (χ2n) is 6.62. The Morgan fingerprint density at radius 1 is 1.33 bits per heavy atom. The average Bonchev–Trinajstić information content (AvgIpc) is 2.83. The maximum absolute atomic E-state index is 12.4. The number of amidine groups is 1. The quantitative estimate of drug-likeness (QED) is 0.884. The molecule has 1 aromatic carbocycles. The molecule has 0 saturated carbocycles. The molecule has 6 nitrogen and oxygen atoms in total. The number of benzene rings is 1. The Kier molecular flexibility index (Phi) is 5.59. The van der Waals surface area contributed by atoms with Gasteiger partial charge in [-0.25, -0.2) is 13.2 Å². The minimum Gasteiger partial charge on any atom is -0.444 e. The summed E-state index contributed by atoms with van der Waals surface area (Å²) in [4.78, 5) is 16.3. The molecule has 1 atom stereocenters. The number of nitrogens with zero attached hydrogens (tertiary/aromatic N) is 1. The van der Waals surface area contributed by atoms with Crippen molar-refractivity contribution in [3.05, 3.63) is 29.8 Å². The van der Waals surface area contributed by atoms with Crippen LogP contribution < -0.4 is 5.32 Å². The Balaban J connectivity index is 1.98. The number of sulfone groups is 1. The number of amides is 1. The van der Waals surface area contributed by atoms with Crippen LogP contribution in [0.1, 0.15) is 26.3 Å². The van der Waals surface area contributed by atoms with E-state index in [1.54, 1.807) is 45.0 Å². The fourth-order valence-corrected chi connectivity index (χ4v) is 4.57. The van der Waals surface area contributed by atoms with Crippen molar-refractivity contribution in [3.63, 3.8) is 0 Å². The predicted octanol–water partition coefficient (Wildman–Crippen LogP) is 2.76. The van der Waals surface area contributed by atoms with Crippen molar-refractivity contribution in [2.24, 2.45) is 4.99 Å². The molecule has 1 heterocycles. The van der Waals surface area contributed by atoms with E-state index in [1.807, 2.05) is 6.92 Å². The second kappa shape index (κ2) is 7.14. The maximum atomic E-state index is 12.4. The third-order valence-corrected chi connectivity index (χ3v) is 5.96. The number of hydrogen-bond donors (Lipinski definition) is 1. The molecule has 0 spiro atoms. The van der Waals surface area contributed by atoms with Gasteiger partial charge in [0.1, 0.15) is 5.60 Å². The molecule has 132 valence electrons. The third kappa shape index (κ3) is 5.52. The van der Waals surface area contributed by atoms with E-state index < -0.39 is 21.5 Å². The Labute approximate surface area is 147 Å². The monoisotopic (exact) mass is 370 g/mol. The first kappa shape index (κ1) is 18.8. The van der Waals surface area contributed by atoms with Gasteiger partial charge in [-0.15, -0.1) is 0 Å². The number of aryl methyl sites for hydroxylation is 1. The highest BCUT2D eigenvalue weighted by Gasteiger charge is 2.27. The first-order valence-corrected chi connectivity index (χ1v) is 10.2. The predicted molar refractivity (Wildman–Crippen MR) is 96.3 cm³/mol. The summed E-state index contributed by atoms with van der Waals surface area (Å²) in [7, 11) is -3.41. The van der Waals surface area contributed by atoms with Crippen molar-refractivity contribution in [2.45, 2.75) is 44.2 Å². The minimum atomic E-state index is -3.41. The lowest BCUT2D eigenvalue weighted by Gasteiger charge is -2.19. The molecule has 0 aliphatic carbocycles. The Bertz CT molecular complexity index is 734. The van der Waals surface area contributed by atoms with Gasteiger partial charge in [-0.1, -0.05) is 29.5 Å². The molecule has 0 saturated heterocycles. The topological polar surface area (TPSA) is 84.8 Å². The van der Waals surface area contributed by atoms with Gasteiger partial charge in [0, 0.05) is 5.75 Å². The number of ether oxygens (including phenoxy) is 1. The molecule has 0 aromatic heterocycles. The zero-order valence-corrected chi connectivity index (χ0v) is 15.8. The lowest BCUT2D eigenvalue weighted by molar-refractivity contribution is 0.0564.